The SMILES string of the molecule is CN(C(=O)Cc1coc2ccc3ccccc3c12)c1ccc(F)c(F)c1. The van der Waals surface area contributed by atoms with E-state index in [9.17, 15) is 13.6 Å². The fourth-order valence-electron chi connectivity index (χ4n) is 3.12. The van der Waals surface area contributed by atoms with Crippen LogP contribution in [0.3, 0.4) is 0 Å². The molecule has 0 aliphatic carbocycles. The minimum atomic E-state index is -0.984. The zero-order valence-corrected chi connectivity index (χ0v) is 14.0. The molecule has 4 aromatic rings. The van der Waals surface area contributed by atoms with Crippen molar-refractivity contribution in [3.05, 3.63) is 78.1 Å². The van der Waals surface area contributed by atoms with Gasteiger partial charge in [-0.2, -0.15) is 0 Å². The van der Waals surface area contributed by atoms with Crippen molar-refractivity contribution < 1.29 is 18.0 Å². The van der Waals surface area contributed by atoms with Gasteiger partial charge in [0.15, 0.2) is 11.6 Å². The van der Waals surface area contributed by atoms with E-state index in [0.717, 1.165) is 33.9 Å². The zero-order chi connectivity index (χ0) is 18.3. The van der Waals surface area contributed by atoms with Gasteiger partial charge in [-0.3, -0.25) is 4.79 Å². The summed E-state index contributed by atoms with van der Waals surface area (Å²) in [6.07, 6.45) is 1.67. The van der Waals surface area contributed by atoms with E-state index >= 15 is 0 Å². The Labute approximate surface area is 148 Å². The van der Waals surface area contributed by atoms with Crippen LogP contribution in [0.25, 0.3) is 21.7 Å². The summed E-state index contributed by atoms with van der Waals surface area (Å²) in [6, 6.07) is 15.1. The number of amides is 1. The molecule has 1 heterocycles. The minimum absolute atomic E-state index is 0.0938. The van der Waals surface area contributed by atoms with Gasteiger partial charge >= 0.3 is 0 Å². The molecule has 3 nitrogen and oxygen atoms in total. The maximum atomic E-state index is 13.4. The lowest BCUT2D eigenvalue weighted by Gasteiger charge is -2.17. The summed E-state index contributed by atoms with van der Waals surface area (Å²) < 4.78 is 32.1. The van der Waals surface area contributed by atoms with Crippen LogP contribution in [0, 0.1) is 11.6 Å². The van der Waals surface area contributed by atoms with Crippen LogP contribution >= 0.6 is 0 Å². The molecule has 0 saturated heterocycles. The molecule has 0 atom stereocenters. The normalized spacial score (nSPS) is 11.2. The van der Waals surface area contributed by atoms with Gasteiger partial charge in [0.1, 0.15) is 5.58 Å². The van der Waals surface area contributed by atoms with Gasteiger partial charge in [0, 0.05) is 29.8 Å². The van der Waals surface area contributed by atoms with Crippen molar-refractivity contribution in [3.63, 3.8) is 0 Å². The molecule has 4 rings (SSSR count). The third-order valence-corrected chi connectivity index (χ3v) is 4.55. The second kappa shape index (κ2) is 6.26. The van der Waals surface area contributed by atoms with Gasteiger partial charge in [0.2, 0.25) is 5.91 Å². The summed E-state index contributed by atoms with van der Waals surface area (Å²) in [5.74, 6) is -2.17. The molecular weight excluding hydrogens is 336 g/mol. The third-order valence-electron chi connectivity index (χ3n) is 4.55. The number of benzene rings is 3. The van der Waals surface area contributed by atoms with Crippen LogP contribution in [0.4, 0.5) is 14.5 Å². The molecule has 0 radical (unpaired) electrons. The summed E-state index contributed by atoms with van der Waals surface area (Å²) in [7, 11) is 1.54. The average Bonchev–Trinajstić information content (AvgIpc) is 3.06. The van der Waals surface area contributed by atoms with Crippen molar-refractivity contribution in [2.45, 2.75) is 6.42 Å². The van der Waals surface area contributed by atoms with Gasteiger partial charge in [-0.15, -0.1) is 0 Å². The summed E-state index contributed by atoms with van der Waals surface area (Å²) in [6.45, 7) is 0. The first kappa shape index (κ1) is 16.3. The smallest absolute Gasteiger partial charge is 0.231 e. The van der Waals surface area contributed by atoms with Crippen molar-refractivity contribution in [1.29, 1.82) is 0 Å². The fraction of sp³-hybridized carbons (Fsp3) is 0.0952. The van der Waals surface area contributed by atoms with Gasteiger partial charge in [0.05, 0.1) is 12.7 Å². The highest BCUT2D eigenvalue weighted by atomic mass is 19.2. The Hall–Kier alpha value is -3.21. The Morgan fingerprint density at radius 3 is 2.65 bits per heavy atom. The highest BCUT2D eigenvalue weighted by molar-refractivity contribution is 6.09. The highest BCUT2D eigenvalue weighted by Crippen LogP contribution is 2.30. The van der Waals surface area contributed by atoms with E-state index in [0.29, 0.717) is 11.3 Å². The maximum absolute atomic E-state index is 13.4. The van der Waals surface area contributed by atoms with E-state index in [4.69, 9.17) is 4.42 Å². The number of nitrogens with zero attached hydrogens (tertiary/aromatic N) is 1. The van der Waals surface area contributed by atoms with E-state index in [-0.39, 0.29) is 12.3 Å². The highest BCUT2D eigenvalue weighted by Gasteiger charge is 2.17. The summed E-state index contributed by atoms with van der Waals surface area (Å²) >= 11 is 0. The minimum Gasteiger partial charge on any atom is -0.464 e. The van der Waals surface area contributed by atoms with Gasteiger partial charge in [0.25, 0.3) is 0 Å². The molecule has 0 bridgehead atoms. The van der Waals surface area contributed by atoms with Gasteiger partial charge in [-0.25, -0.2) is 8.78 Å². The molecule has 26 heavy (non-hydrogen) atoms. The predicted molar refractivity (Wildman–Crippen MR) is 97.2 cm³/mol. The number of fused-ring (bicyclic) bond motifs is 3. The first-order valence-electron chi connectivity index (χ1n) is 8.14. The summed E-state index contributed by atoms with van der Waals surface area (Å²) in [5.41, 5.74) is 1.77. The van der Waals surface area contributed by atoms with Crippen LogP contribution in [0.1, 0.15) is 5.56 Å². The van der Waals surface area contributed by atoms with Crippen LogP contribution < -0.4 is 4.90 Å². The molecule has 0 spiro atoms. The molecular formula is C21H15F2NO2. The van der Waals surface area contributed by atoms with Crippen molar-refractivity contribution >= 4 is 33.3 Å². The quantitative estimate of drug-likeness (QED) is 0.516. The maximum Gasteiger partial charge on any atom is 0.231 e. The Morgan fingerprint density at radius 2 is 1.85 bits per heavy atom. The predicted octanol–water partition coefficient (Wildman–Crippen LogP) is 5.07. The van der Waals surface area contributed by atoms with Crippen molar-refractivity contribution in [2.24, 2.45) is 0 Å². The summed E-state index contributed by atoms with van der Waals surface area (Å²) in [4.78, 5) is 14.0. The average molecular weight is 351 g/mol. The van der Waals surface area contributed by atoms with Gasteiger partial charge in [-0.1, -0.05) is 30.3 Å². The zero-order valence-electron chi connectivity index (χ0n) is 14.0. The molecule has 0 fully saturated rings. The Bertz CT molecular complexity index is 1130. The molecule has 130 valence electrons. The van der Waals surface area contributed by atoms with E-state index < -0.39 is 11.6 Å². The number of anilines is 1. The molecule has 3 aromatic carbocycles. The monoisotopic (exact) mass is 351 g/mol. The largest absolute Gasteiger partial charge is 0.464 e. The number of hydrogen-bond donors (Lipinski definition) is 0. The van der Waals surface area contributed by atoms with Crippen LogP contribution in [0.5, 0.6) is 0 Å². The summed E-state index contributed by atoms with van der Waals surface area (Å²) in [5, 5.41) is 2.97. The Morgan fingerprint density at radius 1 is 1.04 bits per heavy atom. The fourth-order valence-corrected chi connectivity index (χ4v) is 3.12. The van der Waals surface area contributed by atoms with Gasteiger partial charge in [-0.05, 0) is 29.0 Å². The molecule has 0 unspecified atom stereocenters. The number of carbonyl (C=O) groups excluding carboxylic acids is 1. The lowest BCUT2D eigenvalue weighted by atomic mass is 10.0. The number of hydrogen-bond acceptors (Lipinski definition) is 2. The second-order valence-corrected chi connectivity index (χ2v) is 6.15. The Kier molecular flexibility index (Phi) is 3.92. The van der Waals surface area contributed by atoms with E-state index in [1.54, 1.807) is 6.26 Å². The van der Waals surface area contributed by atoms with Crippen LogP contribution in [-0.2, 0) is 11.2 Å². The first-order chi connectivity index (χ1) is 12.5. The Balaban J connectivity index is 1.69. The van der Waals surface area contributed by atoms with E-state index in [1.165, 1.54) is 18.0 Å². The third kappa shape index (κ3) is 2.71. The van der Waals surface area contributed by atoms with Crippen LogP contribution in [0.2, 0.25) is 0 Å². The molecule has 5 heteroatoms. The second-order valence-electron chi connectivity index (χ2n) is 6.15. The number of furan rings is 1. The number of likely N-dealkylation sites (N-methyl/N-ethyl adjacent to an activating group) is 1. The molecule has 0 aliphatic heterocycles. The van der Waals surface area contributed by atoms with E-state index in [1.807, 2.05) is 36.4 Å². The van der Waals surface area contributed by atoms with Crippen molar-refractivity contribution in [1.82, 2.24) is 0 Å². The van der Waals surface area contributed by atoms with Crippen molar-refractivity contribution in [3.8, 4) is 0 Å². The standard InChI is InChI=1S/C21H15F2NO2/c1-24(15-7-8-17(22)18(23)11-15)20(25)10-14-12-26-19-9-6-13-4-2-3-5-16(13)21(14)19/h2-9,11-12H,10H2,1H3. The molecule has 0 aliphatic rings. The number of carbonyl (C=O) groups is 1. The molecule has 1 amide bonds. The van der Waals surface area contributed by atoms with Crippen molar-refractivity contribution in [2.75, 3.05) is 11.9 Å². The van der Waals surface area contributed by atoms with Crippen LogP contribution in [0.15, 0.2) is 65.3 Å². The van der Waals surface area contributed by atoms with Crippen LogP contribution in [-0.4, -0.2) is 13.0 Å². The van der Waals surface area contributed by atoms with E-state index in [2.05, 4.69) is 0 Å². The molecule has 0 N–H and O–H groups in total. The molecule has 0 saturated carbocycles. The number of halogens is 2. The van der Waals surface area contributed by atoms with Gasteiger partial charge < -0.3 is 9.32 Å². The lowest BCUT2D eigenvalue weighted by molar-refractivity contribution is -0.117. The number of rotatable bonds is 3. The molecule has 1 aromatic heterocycles. The first-order valence-corrected chi connectivity index (χ1v) is 8.14. The topological polar surface area (TPSA) is 33.5 Å². The lowest BCUT2D eigenvalue weighted by Crippen LogP contribution is -2.27.